The van der Waals surface area contributed by atoms with Gasteiger partial charge in [0.2, 0.25) is 0 Å². The number of nitrogens with zero attached hydrogens (tertiary/aromatic N) is 1. The number of hydrogen-bond acceptors (Lipinski definition) is 4. The van der Waals surface area contributed by atoms with Crippen molar-refractivity contribution in [3.63, 3.8) is 0 Å². The zero-order valence-corrected chi connectivity index (χ0v) is 13.8. The second-order valence-corrected chi connectivity index (χ2v) is 6.73. The number of rotatable bonds is 2. The molecule has 2 rings (SSSR count). The molecule has 1 aliphatic heterocycles. The summed E-state index contributed by atoms with van der Waals surface area (Å²) in [6.45, 7) is 6.74. The largest absolute Gasteiger partial charge is 0.496 e. The Morgan fingerprint density at radius 2 is 2.00 bits per heavy atom. The number of methoxy groups -OCH3 is 1. The number of amides is 1. The van der Waals surface area contributed by atoms with Gasteiger partial charge in [0.25, 0.3) is 0 Å². The minimum absolute atomic E-state index is 0.127. The van der Waals surface area contributed by atoms with Gasteiger partial charge in [0.15, 0.2) is 0 Å². The third-order valence-electron chi connectivity index (χ3n) is 3.85. The molecule has 0 aromatic heterocycles. The Hall–Kier alpha value is -1.75. The summed E-state index contributed by atoms with van der Waals surface area (Å²) in [5.74, 6) is 1.04. The molecule has 2 N–H and O–H groups in total. The molecular weight excluding hydrogens is 280 g/mol. The zero-order chi connectivity index (χ0) is 16.3. The van der Waals surface area contributed by atoms with Gasteiger partial charge in [0.05, 0.1) is 7.11 Å². The first kappa shape index (κ1) is 16.6. The van der Waals surface area contributed by atoms with Gasteiger partial charge in [0, 0.05) is 25.0 Å². The van der Waals surface area contributed by atoms with Crippen LogP contribution < -0.4 is 10.5 Å². The highest BCUT2D eigenvalue weighted by Crippen LogP contribution is 2.33. The molecule has 0 spiro atoms. The molecule has 0 aliphatic carbocycles. The number of carbonyl (C=O) groups excluding carboxylic acids is 1. The Morgan fingerprint density at radius 1 is 1.32 bits per heavy atom. The number of ether oxygens (including phenoxy) is 2. The van der Waals surface area contributed by atoms with Crippen LogP contribution in [-0.4, -0.2) is 42.8 Å². The first-order valence-electron chi connectivity index (χ1n) is 7.68. The van der Waals surface area contributed by atoms with E-state index in [1.165, 1.54) is 0 Å². The smallest absolute Gasteiger partial charge is 0.410 e. The van der Waals surface area contributed by atoms with Gasteiger partial charge in [-0.1, -0.05) is 18.2 Å². The molecule has 5 heteroatoms. The second-order valence-electron chi connectivity index (χ2n) is 6.73. The summed E-state index contributed by atoms with van der Waals surface area (Å²) < 4.78 is 10.8. The van der Waals surface area contributed by atoms with Crippen molar-refractivity contribution in [3.05, 3.63) is 29.8 Å². The molecule has 1 aromatic rings. The zero-order valence-electron chi connectivity index (χ0n) is 13.8. The van der Waals surface area contributed by atoms with Gasteiger partial charge >= 0.3 is 6.09 Å². The fourth-order valence-corrected chi connectivity index (χ4v) is 2.83. The van der Waals surface area contributed by atoms with Crippen molar-refractivity contribution >= 4 is 6.09 Å². The average Bonchev–Trinajstić information content (AvgIpc) is 2.45. The molecule has 1 saturated heterocycles. The van der Waals surface area contributed by atoms with Crippen molar-refractivity contribution in [2.75, 3.05) is 20.2 Å². The summed E-state index contributed by atoms with van der Waals surface area (Å²) >= 11 is 0. The molecule has 122 valence electrons. The lowest BCUT2D eigenvalue weighted by molar-refractivity contribution is 0.0186. The molecule has 0 unspecified atom stereocenters. The number of piperidine rings is 1. The van der Waals surface area contributed by atoms with Crippen LogP contribution in [0.4, 0.5) is 4.79 Å². The Morgan fingerprint density at radius 3 is 2.59 bits per heavy atom. The van der Waals surface area contributed by atoms with Crippen molar-refractivity contribution in [2.45, 2.75) is 44.8 Å². The Labute approximate surface area is 132 Å². The van der Waals surface area contributed by atoms with Crippen molar-refractivity contribution in [3.8, 4) is 5.75 Å². The molecule has 1 amide bonds. The van der Waals surface area contributed by atoms with E-state index in [0.717, 1.165) is 17.7 Å². The van der Waals surface area contributed by atoms with E-state index in [1.54, 1.807) is 12.0 Å². The summed E-state index contributed by atoms with van der Waals surface area (Å²) in [5.41, 5.74) is 6.95. The first-order chi connectivity index (χ1) is 10.3. The lowest BCUT2D eigenvalue weighted by Gasteiger charge is -2.37. The van der Waals surface area contributed by atoms with E-state index < -0.39 is 5.60 Å². The number of nitrogens with two attached hydrogens (primary N) is 1. The molecule has 1 aliphatic rings. The van der Waals surface area contributed by atoms with Gasteiger partial charge in [-0.25, -0.2) is 4.79 Å². The van der Waals surface area contributed by atoms with Crippen LogP contribution in [0.25, 0.3) is 0 Å². The molecule has 0 saturated carbocycles. The summed E-state index contributed by atoms with van der Waals surface area (Å²) in [4.78, 5) is 13.8. The number of benzene rings is 1. The number of para-hydroxylation sites is 1. The van der Waals surface area contributed by atoms with Crippen LogP contribution in [0, 0.1) is 0 Å². The fourth-order valence-electron chi connectivity index (χ4n) is 2.83. The monoisotopic (exact) mass is 306 g/mol. The van der Waals surface area contributed by atoms with Crippen LogP contribution in [0.3, 0.4) is 0 Å². The minimum atomic E-state index is -0.485. The van der Waals surface area contributed by atoms with Crippen LogP contribution in [0.1, 0.15) is 38.7 Å². The van der Waals surface area contributed by atoms with E-state index in [0.29, 0.717) is 13.1 Å². The Bertz CT molecular complexity index is 525. The third kappa shape index (κ3) is 3.91. The normalized spacial score (nSPS) is 22.3. The molecule has 22 heavy (non-hydrogen) atoms. The van der Waals surface area contributed by atoms with Crippen LogP contribution in [-0.2, 0) is 4.74 Å². The van der Waals surface area contributed by atoms with E-state index >= 15 is 0 Å². The van der Waals surface area contributed by atoms with Gasteiger partial charge in [-0.05, 0) is 38.8 Å². The summed E-state index contributed by atoms with van der Waals surface area (Å²) in [6.07, 6.45) is 0.516. The second kappa shape index (κ2) is 6.57. The number of hydrogen-bond donors (Lipinski definition) is 1. The van der Waals surface area contributed by atoms with Crippen molar-refractivity contribution in [2.24, 2.45) is 5.73 Å². The van der Waals surface area contributed by atoms with E-state index in [1.807, 2.05) is 45.0 Å². The van der Waals surface area contributed by atoms with Crippen LogP contribution in [0.5, 0.6) is 5.75 Å². The molecule has 0 bridgehead atoms. The molecule has 1 fully saturated rings. The Kier molecular flexibility index (Phi) is 4.96. The molecule has 1 heterocycles. The standard InChI is InChI=1S/C17H26N2O3/c1-17(2,3)22-16(20)19-10-9-12(14(18)11-19)13-7-5-6-8-15(13)21-4/h5-8,12,14H,9-11,18H2,1-4H3/t12-,14-/m0/s1. The van der Waals surface area contributed by atoms with E-state index in [9.17, 15) is 4.79 Å². The first-order valence-corrected chi connectivity index (χ1v) is 7.68. The van der Waals surface area contributed by atoms with Gasteiger partial charge < -0.3 is 20.1 Å². The van der Waals surface area contributed by atoms with Crippen molar-refractivity contribution in [1.29, 1.82) is 0 Å². The van der Waals surface area contributed by atoms with Gasteiger partial charge in [0.1, 0.15) is 11.4 Å². The Balaban J connectivity index is 2.05. The average molecular weight is 306 g/mol. The predicted molar refractivity (Wildman–Crippen MR) is 86.1 cm³/mol. The molecule has 2 atom stereocenters. The van der Waals surface area contributed by atoms with Crippen LogP contribution in [0.15, 0.2) is 24.3 Å². The number of carbonyl (C=O) groups is 1. The van der Waals surface area contributed by atoms with E-state index in [4.69, 9.17) is 15.2 Å². The van der Waals surface area contributed by atoms with E-state index in [2.05, 4.69) is 0 Å². The fraction of sp³-hybridized carbons (Fsp3) is 0.588. The molecule has 5 nitrogen and oxygen atoms in total. The van der Waals surface area contributed by atoms with Crippen LogP contribution >= 0.6 is 0 Å². The molecular formula is C17H26N2O3. The number of likely N-dealkylation sites (tertiary alicyclic amines) is 1. The quantitative estimate of drug-likeness (QED) is 0.912. The lowest BCUT2D eigenvalue weighted by atomic mass is 9.85. The molecule has 0 radical (unpaired) electrons. The van der Waals surface area contributed by atoms with Gasteiger partial charge in [-0.3, -0.25) is 0 Å². The lowest BCUT2D eigenvalue weighted by Crippen LogP contribution is -2.50. The van der Waals surface area contributed by atoms with E-state index in [-0.39, 0.29) is 18.1 Å². The maximum absolute atomic E-state index is 12.1. The van der Waals surface area contributed by atoms with Crippen molar-refractivity contribution in [1.82, 2.24) is 4.90 Å². The maximum atomic E-state index is 12.1. The predicted octanol–water partition coefficient (Wildman–Crippen LogP) is 2.75. The molecule has 1 aromatic carbocycles. The highest BCUT2D eigenvalue weighted by atomic mass is 16.6. The summed E-state index contributed by atoms with van der Waals surface area (Å²) in [5, 5.41) is 0. The summed E-state index contributed by atoms with van der Waals surface area (Å²) in [7, 11) is 1.67. The van der Waals surface area contributed by atoms with Crippen LogP contribution in [0.2, 0.25) is 0 Å². The third-order valence-corrected chi connectivity index (χ3v) is 3.85. The summed E-state index contributed by atoms with van der Waals surface area (Å²) in [6, 6.07) is 7.81. The minimum Gasteiger partial charge on any atom is -0.496 e. The highest BCUT2D eigenvalue weighted by molar-refractivity contribution is 5.68. The van der Waals surface area contributed by atoms with Gasteiger partial charge in [-0.15, -0.1) is 0 Å². The van der Waals surface area contributed by atoms with Crippen molar-refractivity contribution < 1.29 is 14.3 Å². The maximum Gasteiger partial charge on any atom is 0.410 e. The highest BCUT2D eigenvalue weighted by Gasteiger charge is 2.33. The topological polar surface area (TPSA) is 64.8 Å². The SMILES string of the molecule is COc1ccccc1[C@@H]1CCN(C(=O)OC(C)(C)C)C[C@@H]1N. The van der Waals surface area contributed by atoms with Gasteiger partial charge in [-0.2, -0.15) is 0 Å².